The molecule has 1 fully saturated rings. The number of carbonyl (C=O) groups is 1. The molecular formula is C55H94O9. The molecule has 1 aliphatic heterocycles. The fraction of sp³-hybridized carbons (Fsp3) is 0.727. The molecule has 1 aliphatic rings. The van der Waals surface area contributed by atoms with Crippen molar-refractivity contribution in [1.82, 2.24) is 0 Å². The third-order valence-corrected chi connectivity index (χ3v) is 11.3. The van der Waals surface area contributed by atoms with Crippen LogP contribution in [0.4, 0.5) is 0 Å². The highest BCUT2D eigenvalue weighted by atomic mass is 16.7. The molecule has 1 heterocycles. The van der Waals surface area contributed by atoms with Gasteiger partial charge in [-0.15, -0.1) is 0 Å². The van der Waals surface area contributed by atoms with Gasteiger partial charge < -0.3 is 39.4 Å². The Labute approximate surface area is 390 Å². The van der Waals surface area contributed by atoms with Crippen LogP contribution >= 0.6 is 0 Å². The first kappa shape index (κ1) is 59.4. The topological polar surface area (TPSA) is 135 Å². The van der Waals surface area contributed by atoms with Gasteiger partial charge in [-0.1, -0.05) is 202 Å². The number of allylic oxidation sites excluding steroid dienone is 13. The Morgan fingerprint density at radius 3 is 1.44 bits per heavy atom. The molecule has 0 bridgehead atoms. The largest absolute Gasteiger partial charge is 0.457 e. The number of aliphatic hydroxyl groups excluding tert-OH is 4. The van der Waals surface area contributed by atoms with Crippen LogP contribution in [-0.2, 0) is 23.7 Å². The predicted octanol–water partition coefficient (Wildman–Crippen LogP) is 12.6. The first-order chi connectivity index (χ1) is 31.4. The van der Waals surface area contributed by atoms with E-state index in [1.807, 2.05) is 6.08 Å². The Bertz CT molecular complexity index is 1250. The first-order valence-electron chi connectivity index (χ1n) is 25.7. The molecule has 1 saturated heterocycles. The van der Waals surface area contributed by atoms with Gasteiger partial charge in [0.15, 0.2) is 6.29 Å². The molecule has 64 heavy (non-hydrogen) atoms. The van der Waals surface area contributed by atoms with E-state index in [2.05, 4.69) is 86.8 Å². The number of carbonyl (C=O) groups excluding carboxylic acids is 1. The third kappa shape index (κ3) is 35.6. The summed E-state index contributed by atoms with van der Waals surface area (Å²) in [5, 5.41) is 40.2. The molecule has 0 amide bonds. The van der Waals surface area contributed by atoms with E-state index in [0.717, 1.165) is 44.9 Å². The zero-order chi connectivity index (χ0) is 46.4. The minimum Gasteiger partial charge on any atom is -0.457 e. The van der Waals surface area contributed by atoms with Gasteiger partial charge in [-0.05, 0) is 70.6 Å². The molecule has 6 atom stereocenters. The van der Waals surface area contributed by atoms with E-state index >= 15 is 0 Å². The molecule has 9 heteroatoms. The van der Waals surface area contributed by atoms with Crippen LogP contribution in [0.1, 0.15) is 194 Å². The standard InChI is InChI=1S/C55H94O9/c1-3-5-7-9-11-13-15-17-19-20-21-22-23-24-25-26-27-28-29-31-33-35-37-39-41-43-45-61-47-49(48-62-55-54(60)53(59)52(58)50(46-56)64-55)63-51(57)44-42-40-38-36-34-32-30-18-16-14-12-10-8-6-4-2/h6,8,12,14-15,17-18,20-21,30,34,36,40,42,49-50,52-56,58-60H,3-5,7,9-11,13,16,19,22-29,31-33,35,37-39,41,43-48H2,1-2H3/b8-6-,14-12-,17-15-,21-20-,30-18-,36-34-,42-40-. The van der Waals surface area contributed by atoms with E-state index < -0.39 is 49.4 Å². The Morgan fingerprint density at radius 1 is 0.516 bits per heavy atom. The summed E-state index contributed by atoms with van der Waals surface area (Å²) in [6.07, 6.45) is 55.1. The zero-order valence-corrected chi connectivity index (χ0v) is 40.5. The maximum atomic E-state index is 12.7. The van der Waals surface area contributed by atoms with Crippen molar-refractivity contribution >= 4 is 5.97 Å². The summed E-state index contributed by atoms with van der Waals surface area (Å²) in [6.45, 7) is 4.31. The number of aliphatic hydroxyl groups is 4. The van der Waals surface area contributed by atoms with Crippen LogP contribution in [0.3, 0.4) is 0 Å². The van der Waals surface area contributed by atoms with E-state index in [-0.39, 0.29) is 19.6 Å². The summed E-state index contributed by atoms with van der Waals surface area (Å²) in [5.41, 5.74) is 0. The van der Waals surface area contributed by atoms with E-state index in [1.54, 1.807) is 6.08 Å². The molecule has 0 radical (unpaired) electrons. The van der Waals surface area contributed by atoms with Crippen LogP contribution < -0.4 is 0 Å². The smallest absolute Gasteiger partial charge is 0.310 e. The van der Waals surface area contributed by atoms with Gasteiger partial charge in [0.05, 0.1) is 26.2 Å². The van der Waals surface area contributed by atoms with Crippen LogP contribution in [0.5, 0.6) is 0 Å². The van der Waals surface area contributed by atoms with Crippen LogP contribution in [0.15, 0.2) is 85.1 Å². The zero-order valence-electron chi connectivity index (χ0n) is 40.5. The van der Waals surface area contributed by atoms with Crippen molar-refractivity contribution in [3.05, 3.63) is 85.1 Å². The lowest BCUT2D eigenvalue weighted by molar-refractivity contribution is -0.305. The fourth-order valence-electron chi connectivity index (χ4n) is 7.36. The highest BCUT2D eigenvalue weighted by Gasteiger charge is 2.44. The highest BCUT2D eigenvalue weighted by molar-refractivity contribution is 5.71. The molecule has 0 aliphatic carbocycles. The van der Waals surface area contributed by atoms with E-state index in [9.17, 15) is 25.2 Å². The average Bonchev–Trinajstić information content (AvgIpc) is 3.30. The van der Waals surface area contributed by atoms with E-state index in [1.165, 1.54) is 122 Å². The molecule has 0 aromatic rings. The molecule has 1 rings (SSSR count). The Kier molecular flexibility index (Phi) is 42.2. The molecule has 368 valence electrons. The minimum absolute atomic E-state index is 0.0837. The number of esters is 1. The van der Waals surface area contributed by atoms with Crippen molar-refractivity contribution in [2.75, 3.05) is 26.4 Å². The third-order valence-electron chi connectivity index (χ3n) is 11.3. The van der Waals surface area contributed by atoms with Crippen LogP contribution in [0, 0.1) is 0 Å². The monoisotopic (exact) mass is 899 g/mol. The summed E-state index contributed by atoms with van der Waals surface area (Å²) in [7, 11) is 0. The summed E-state index contributed by atoms with van der Waals surface area (Å²) < 4.78 is 22.7. The normalized spacial score (nSPS) is 20.2. The van der Waals surface area contributed by atoms with Gasteiger partial charge in [-0.2, -0.15) is 0 Å². The summed E-state index contributed by atoms with van der Waals surface area (Å²) in [5.74, 6) is -0.441. The van der Waals surface area contributed by atoms with Crippen molar-refractivity contribution in [3.8, 4) is 0 Å². The van der Waals surface area contributed by atoms with E-state index in [4.69, 9.17) is 18.9 Å². The summed E-state index contributed by atoms with van der Waals surface area (Å²) in [4.78, 5) is 12.7. The van der Waals surface area contributed by atoms with Crippen molar-refractivity contribution in [1.29, 1.82) is 0 Å². The van der Waals surface area contributed by atoms with Gasteiger partial charge in [-0.3, -0.25) is 4.79 Å². The van der Waals surface area contributed by atoms with Gasteiger partial charge in [0.2, 0.25) is 0 Å². The Hall–Kier alpha value is -2.63. The van der Waals surface area contributed by atoms with Gasteiger partial charge in [0.1, 0.15) is 30.5 Å². The second-order valence-electron chi connectivity index (χ2n) is 17.2. The molecule has 0 aromatic carbocycles. The van der Waals surface area contributed by atoms with Gasteiger partial charge >= 0.3 is 5.97 Å². The quantitative estimate of drug-likeness (QED) is 0.0268. The number of ether oxygens (including phenoxy) is 4. The highest BCUT2D eigenvalue weighted by Crippen LogP contribution is 2.22. The van der Waals surface area contributed by atoms with Gasteiger partial charge in [0.25, 0.3) is 0 Å². The predicted molar refractivity (Wildman–Crippen MR) is 265 cm³/mol. The van der Waals surface area contributed by atoms with E-state index in [0.29, 0.717) is 13.0 Å². The van der Waals surface area contributed by atoms with Crippen molar-refractivity contribution in [3.63, 3.8) is 0 Å². The Morgan fingerprint density at radius 2 is 0.953 bits per heavy atom. The number of rotatable bonds is 43. The van der Waals surface area contributed by atoms with Gasteiger partial charge in [-0.25, -0.2) is 0 Å². The molecule has 0 saturated carbocycles. The van der Waals surface area contributed by atoms with Crippen molar-refractivity contribution < 1.29 is 44.2 Å². The first-order valence-corrected chi connectivity index (χ1v) is 25.7. The van der Waals surface area contributed by atoms with Crippen LogP contribution in [0.25, 0.3) is 0 Å². The van der Waals surface area contributed by atoms with Crippen molar-refractivity contribution in [2.45, 2.75) is 230 Å². The van der Waals surface area contributed by atoms with Crippen molar-refractivity contribution in [2.24, 2.45) is 0 Å². The fourth-order valence-corrected chi connectivity index (χ4v) is 7.36. The lowest BCUT2D eigenvalue weighted by atomic mass is 9.99. The number of hydrogen-bond donors (Lipinski definition) is 4. The SMILES string of the molecule is CC/C=C\C/C=C\C/C=C\C/C=C\C/C=C\CC(=O)OC(COCCCCCCCCCCCCCCCC/C=C\C/C=C\CCCCCCC)COC1OC(CO)C(O)C(O)C1O. The molecular weight excluding hydrogens is 805 g/mol. The number of hydrogen-bond acceptors (Lipinski definition) is 9. The second kappa shape index (κ2) is 45.5. The lowest BCUT2D eigenvalue weighted by Gasteiger charge is -2.39. The summed E-state index contributed by atoms with van der Waals surface area (Å²) >= 11 is 0. The second-order valence-corrected chi connectivity index (χ2v) is 17.2. The van der Waals surface area contributed by atoms with Crippen LogP contribution in [-0.4, -0.2) is 89.6 Å². The molecule has 9 nitrogen and oxygen atoms in total. The lowest BCUT2D eigenvalue weighted by Crippen LogP contribution is -2.59. The molecule has 4 N–H and O–H groups in total. The number of unbranched alkanes of at least 4 members (excludes halogenated alkanes) is 19. The average molecular weight is 899 g/mol. The summed E-state index contributed by atoms with van der Waals surface area (Å²) in [6, 6.07) is 0. The molecule has 0 aromatic heterocycles. The molecule has 6 unspecified atom stereocenters. The maximum absolute atomic E-state index is 12.7. The molecule has 0 spiro atoms. The maximum Gasteiger partial charge on any atom is 0.310 e. The van der Waals surface area contributed by atoms with Gasteiger partial charge in [0, 0.05) is 6.61 Å². The van der Waals surface area contributed by atoms with Crippen LogP contribution in [0.2, 0.25) is 0 Å². The Balaban J connectivity index is 2.21. The minimum atomic E-state index is -1.56.